The topological polar surface area (TPSA) is 31.4 Å². The van der Waals surface area contributed by atoms with Gasteiger partial charge in [-0.3, -0.25) is 4.98 Å². The van der Waals surface area contributed by atoms with Gasteiger partial charge in [0, 0.05) is 50.3 Å². The number of likely N-dealkylation sites (N-methyl/N-ethyl adjacent to an activating group) is 1. The van der Waals surface area contributed by atoms with Gasteiger partial charge in [0.15, 0.2) is 0 Å². The molecular weight excluding hydrogens is 248 g/mol. The second kappa shape index (κ2) is 8.22. The maximum absolute atomic E-state index is 4.27. The van der Waals surface area contributed by atoms with Crippen molar-refractivity contribution < 1.29 is 0 Å². The molecule has 1 saturated heterocycles. The lowest BCUT2D eigenvalue weighted by Crippen LogP contribution is -2.32. The molecule has 4 nitrogen and oxygen atoms in total. The Morgan fingerprint density at radius 1 is 1.35 bits per heavy atom. The van der Waals surface area contributed by atoms with Crippen LogP contribution >= 0.6 is 0 Å². The highest BCUT2D eigenvalue weighted by Gasteiger charge is 2.13. The third-order valence-electron chi connectivity index (χ3n) is 3.98. The second-order valence-electron chi connectivity index (χ2n) is 5.65. The summed E-state index contributed by atoms with van der Waals surface area (Å²) < 4.78 is 0. The van der Waals surface area contributed by atoms with Crippen molar-refractivity contribution in [1.82, 2.24) is 15.2 Å². The smallest absolute Gasteiger partial charge is 0.0440 e. The van der Waals surface area contributed by atoms with Gasteiger partial charge in [-0.1, -0.05) is 6.92 Å². The minimum Gasteiger partial charge on any atom is -0.373 e. The predicted molar refractivity (Wildman–Crippen MR) is 85.2 cm³/mol. The van der Waals surface area contributed by atoms with Crippen molar-refractivity contribution >= 4 is 5.69 Å². The van der Waals surface area contributed by atoms with Crippen molar-refractivity contribution in [3.63, 3.8) is 0 Å². The number of nitrogens with zero attached hydrogens (tertiary/aromatic N) is 3. The van der Waals surface area contributed by atoms with Gasteiger partial charge in [0.1, 0.15) is 0 Å². The Hall–Kier alpha value is -1.13. The third kappa shape index (κ3) is 4.46. The fourth-order valence-corrected chi connectivity index (χ4v) is 2.75. The molecule has 0 spiro atoms. The monoisotopic (exact) mass is 276 g/mol. The van der Waals surface area contributed by atoms with Gasteiger partial charge in [-0.2, -0.15) is 0 Å². The summed E-state index contributed by atoms with van der Waals surface area (Å²) in [4.78, 5) is 9.19. The SMILES string of the molecule is CCCNCc1cnccc1N(C)CCN1CCCC1. The van der Waals surface area contributed by atoms with Crippen LogP contribution in [0.15, 0.2) is 18.5 Å². The van der Waals surface area contributed by atoms with Crippen LogP contribution in [-0.2, 0) is 6.54 Å². The molecular formula is C16H28N4. The lowest BCUT2D eigenvalue weighted by Gasteiger charge is -2.25. The number of pyridine rings is 1. The Balaban J connectivity index is 1.88. The van der Waals surface area contributed by atoms with Crippen LogP contribution in [0.5, 0.6) is 0 Å². The van der Waals surface area contributed by atoms with Crippen LogP contribution in [0.25, 0.3) is 0 Å². The molecule has 0 atom stereocenters. The number of hydrogen-bond donors (Lipinski definition) is 1. The van der Waals surface area contributed by atoms with Gasteiger partial charge in [0.25, 0.3) is 0 Å². The van der Waals surface area contributed by atoms with Crippen LogP contribution in [0, 0.1) is 0 Å². The molecule has 1 fully saturated rings. The molecule has 0 saturated carbocycles. The molecule has 0 radical (unpaired) electrons. The molecule has 1 aliphatic heterocycles. The first-order valence-electron chi connectivity index (χ1n) is 7.88. The van der Waals surface area contributed by atoms with Crippen LogP contribution in [-0.4, -0.2) is 49.7 Å². The third-order valence-corrected chi connectivity index (χ3v) is 3.98. The fraction of sp³-hybridized carbons (Fsp3) is 0.688. The van der Waals surface area contributed by atoms with Crippen molar-refractivity contribution in [2.24, 2.45) is 0 Å². The maximum Gasteiger partial charge on any atom is 0.0440 e. The standard InChI is InChI=1S/C16H28N4/c1-3-7-17-13-15-14-18-8-6-16(15)19(2)11-12-20-9-4-5-10-20/h6,8,14,17H,3-5,7,9-13H2,1-2H3. The summed E-state index contributed by atoms with van der Waals surface area (Å²) in [5.74, 6) is 0. The molecule has 0 unspecified atom stereocenters. The predicted octanol–water partition coefficient (Wildman–Crippen LogP) is 2.11. The van der Waals surface area contributed by atoms with E-state index in [2.05, 4.69) is 40.1 Å². The normalized spacial score (nSPS) is 15.7. The van der Waals surface area contributed by atoms with Crippen LogP contribution in [0.1, 0.15) is 31.7 Å². The van der Waals surface area contributed by atoms with Gasteiger partial charge in [0.2, 0.25) is 0 Å². The van der Waals surface area contributed by atoms with Crippen molar-refractivity contribution in [3.05, 3.63) is 24.0 Å². The first kappa shape index (κ1) is 15.3. The lowest BCUT2D eigenvalue weighted by atomic mass is 10.2. The number of likely N-dealkylation sites (tertiary alicyclic amines) is 1. The molecule has 1 aliphatic rings. The zero-order valence-corrected chi connectivity index (χ0v) is 12.9. The molecule has 0 aliphatic carbocycles. The van der Waals surface area contributed by atoms with E-state index in [4.69, 9.17) is 0 Å². The summed E-state index contributed by atoms with van der Waals surface area (Å²) >= 11 is 0. The molecule has 4 heteroatoms. The van der Waals surface area contributed by atoms with Crippen LogP contribution in [0.2, 0.25) is 0 Å². The van der Waals surface area contributed by atoms with Crippen molar-refractivity contribution in [2.75, 3.05) is 44.7 Å². The van der Waals surface area contributed by atoms with Gasteiger partial charge in [-0.05, 0) is 45.0 Å². The van der Waals surface area contributed by atoms with Gasteiger partial charge in [-0.25, -0.2) is 0 Å². The summed E-state index contributed by atoms with van der Waals surface area (Å²) in [6, 6.07) is 2.13. The number of aromatic nitrogens is 1. The molecule has 0 aromatic carbocycles. The Morgan fingerprint density at radius 3 is 2.90 bits per heavy atom. The first-order chi connectivity index (χ1) is 9.81. The molecule has 0 bridgehead atoms. The highest BCUT2D eigenvalue weighted by atomic mass is 15.2. The van der Waals surface area contributed by atoms with E-state index in [1.165, 1.54) is 50.1 Å². The van der Waals surface area contributed by atoms with E-state index in [9.17, 15) is 0 Å². The molecule has 2 heterocycles. The van der Waals surface area contributed by atoms with E-state index >= 15 is 0 Å². The van der Waals surface area contributed by atoms with Crippen molar-refractivity contribution in [2.45, 2.75) is 32.7 Å². The van der Waals surface area contributed by atoms with E-state index in [0.717, 1.165) is 19.6 Å². The van der Waals surface area contributed by atoms with Gasteiger partial charge in [-0.15, -0.1) is 0 Å². The minimum atomic E-state index is 0.908. The van der Waals surface area contributed by atoms with E-state index in [0.29, 0.717) is 0 Å². The highest BCUT2D eigenvalue weighted by molar-refractivity contribution is 5.51. The van der Waals surface area contributed by atoms with Crippen molar-refractivity contribution in [3.8, 4) is 0 Å². The molecule has 1 N–H and O–H groups in total. The lowest BCUT2D eigenvalue weighted by molar-refractivity contribution is 0.346. The summed E-state index contributed by atoms with van der Waals surface area (Å²) in [5, 5.41) is 3.47. The number of rotatable bonds is 8. The fourth-order valence-electron chi connectivity index (χ4n) is 2.75. The van der Waals surface area contributed by atoms with E-state index in [1.54, 1.807) is 0 Å². The average Bonchev–Trinajstić information content (AvgIpc) is 2.99. The van der Waals surface area contributed by atoms with Gasteiger partial charge in [0.05, 0.1) is 0 Å². The summed E-state index contributed by atoms with van der Waals surface area (Å²) in [6.45, 7) is 8.96. The van der Waals surface area contributed by atoms with Crippen LogP contribution < -0.4 is 10.2 Å². The average molecular weight is 276 g/mol. The second-order valence-corrected chi connectivity index (χ2v) is 5.65. The summed E-state index contributed by atoms with van der Waals surface area (Å²) in [7, 11) is 2.19. The van der Waals surface area contributed by atoms with Crippen molar-refractivity contribution in [1.29, 1.82) is 0 Å². The van der Waals surface area contributed by atoms with Crippen LogP contribution in [0.4, 0.5) is 5.69 Å². The molecule has 20 heavy (non-hydrogen) atoms. The quantitative estimate of drug-likeness (QED) is 0.737. The molecule has 0 amide bonds. The molecule has 1 aromatic rings. The molecule has 2 rings (SSSR count). The van der Waals surface area contributed by atoms with Crippen LogP contribution in [0.3, 0.4) is 0 Å². The number of nitrogens with one attached hydrogen (secondary N) is 1. The van der Waals surface area contributed by atoms with Gasteiger partial charge < -0.3 is 15.1 Å². The van der Waals surface area contributed by atoms with Gasteiger partial charge >= 0.3 is 0 Å². The zero-order valence-electron chi connectivity index (χ0n) is 12.9. The first-order valence-corrected chi connectivity index (χ1v) is 7.88. The summed E-state index contributed by atoms with van der Waals surface area (Å²) in [5.41, 5.74) is 2.60. The Morgan fingerprint density at radius 2 is 2.15 bits per heavy atom. The number of anilines is 1. The maximum atomic E-state index is 4.27. The largest absolute Gasteiger partial charge is 0.373 e. The molecule has 1 aromatic heterocycles. The summed E-state index contributed by atoms with van der Waals surface area (Å²) in [6.07, 6.45) is 7.78. The zero-order chi connectivity index (χ0) is 14.2. The van der Waals surface area contributed by atoms with E-state index < -0.39 is 0 Å². The van der Waals surface area contributed by atoms with E-state index in [1.807, 2.05) is 12.4 Å². The van der Waals surface area contributed by atoms with E-state index in [-0.39, 0.29) is 0 Å². The minimum absolute atomic E-state index is 0.908. The molecule has 112 valence electrons. The Kier molecular flexibility index (Phi) is 6.27. The Bertz CT molecular complexity index is 388. The Labute approximate surface area is 123 Å². The highest BCUT2D eigenvalue weighted by Crippen LogP contribution is 2.18. The number of hydrogen-bond acceptors (Lipinski definition) is 4.